The van der Waals surface area contributed by atoms with E-state index in [1.165, 1.54) is 17.0 Å². The van der Waals surface area contributed by atoms with Crippen molar-refractivity contribution in [1.29, 1.82) is 0 Å². The number of benzene rings is 2. The zero-order valence-electron chi connectivity index (χ0n) is 16.5. The van der Waals surface area contributed by atoms with Gasteiger partial charge in [0.25, 0.3) is 0 Å². The number of nitrogens with zero attached hydrogens (tertiary/aromatic N) is 2. The lowest BCUT2D eigenvalue weighted by atomic mass is 10.1. The van der Waals surface area contributed by atoms with E-state index in [2.05, 4.69) is 27.2 Å². The number of rotatable bonds is 6. The molecule has 0 aliphatic carbocycles. The van der Waals surface area contributed by atoms with E-state index in [1.54, 1.807) is 12.1 Å². The van der Waals surface area contributed by atoms with Crippen LogP contribution in [0.3, 0.4) is 0 Å². The predicted octanol–water partition coefficient (Wildman–Crippen LogP) is 3.95. The second-order valence-electron chi connectivity index (χ2n) is 7.15. The SMILES string of the molecule is O=C(Cc1cccs1)Nc1ccc(N2CCN(c3ccccc3)CC2)cc1C(=O)O. The van der Waals surface area contributed by atoms with Crippen LogP contribution >= 0.6 is 11.3 Å². The zero-order valence-corrected chi connectivity index (χ0v) is 17.3. The number of nitrogens with one attached hydrogen (secondary N) is 1. The van der Waals surface area contributed by atoms with Crippen LogP contribution in [0.25, 0.3) is 0 Å². The number of carbonyl (C=O) groups excluding carboxylic acids is 1. The Kier molecular flexibility index (Phi) is 5.99. The quantitative estimate of drug-likeness (QED) is 0.630. The molecule has 1 aliphatic rings. The lowest BCUT2D eigenvalue weighted by Gasteiger charge is -2.37. The van der Waals surface area contributed by atoms with Gasteiger partial charge >= 0.3 is 5.97 Å². The third-order valence-electron chi connectivity index (χ3n) is 5.19. The van der Waals surface area contributed by atoms with Gasteiger partial charge in [0.15, 0.2) is 0 Å². The van der Waals surface area contributed by atoms with Gasteiger partial charge in [0.2, 0.25) is 5.91 Å². The van der Waals surface area contributed by atoms with Crippen molar-refractivity contribution in [3.63, 3.8) is 0 Å². The number of aromatic carboxylic acids is 1. The maximum atomic E-state index is 12.3. The van der Waals surface area contributed by atoms with Gasteiger partial charge < -0.3 is 20.2 Å². The van der Waals surface area contributed by atoms with E-state index >= 15 is 0 Å². The Hall–Kier alpha value is -3.32. The molecular weight excluding hydrogens is 398 g/mol. The van der Waals surface area contributed by atoms with Crippen LogP contribution in [0.4, 0.5) is 17.1 Å². The van der Waals surface area contributed by atoms with E-state index in [4.69, 9.17) is 0 Å². The van der Waals surface area contributed by atoms with Crippen molar-refractivity contribution >= 4 is 40.3 Å². The van der Waals surface area contributed by atoms with Gasteiger partial charge in [-0.3, -0.25) is 4.79 Å². The molecule has 0 bridgehead atoms. The standard InChI is InChI=1S/C23H23N3O3S/c27-22(16-19-7-4-14-30-19)24-21-9-8-18(15-20(21)23(28)29)26-12-10-25(11-13-26)17-5-2-1-3-6-17/h1-9,14-15H,10-13,16H2,(H,24,27)(H,28,29). The number of hydrogen-bond donors (Lipinski definition) is 2. The smallest absolute Gasteiger partial charge is 0.337 e. The summed E-state index contributed by atoms with van der Waals surface area (Å²) < 4.78 is 0. The van der Waals surface area contributed by atoms with Gasteiger partial charge in [0.1, 0.15) is 0 Å². The fraction of sp³-hybridized carbons (Fsp3) is 0.217. The first-order valence-corrected chi connectivity index (χ1v) is 10.7. The van der Waals surface area contributed by atoms with Crippen LogP contribution in [0.2, 0.25) is 0 Å². The van der Waals surface area contributed by atoms with Gasteiger partial charge in [-0.25, -0.2) is 4.79 Å². The molecule has 0 saturated carbocycles. The molecule has 2 aromatic carbocycles. The number of anilines is 3. The summed E-state index contributed by atoms with van der Waals surface area (Å²) in [4.78, 5) is 29.6. The molecule has 0 spiro atoms. The highest BCUT2D eigenvalue weighted by Gasteiger charge is 2.20. The van der Waals surface area contributed by atoms with Gasteiger partial charge in [-0.1, -0.05) is 24.3 Å². The molecule has 1 fully saturated rings. The van der Waals surface area contributed by atoms with Crippen LogP contribution in [-0.2, 0) is 11.2 Å². The van der Waals surface area contributed by atoms with Crippen molar-refractivity contribution in [2.24, 2.45) is 0 Å². The van der Waals surface area contributed by atoms with Crippen LogP contribution in [0.15, 0.2) is 66.0 Å². The van der Waals surface area contributed by atoms with Crippen LogP contribution in [-0.4, -0.2) is 43.2 Å². The average molecular weight is 422 g/mol. The number of carboxylic acid groups (broad SMARTS) is 1. The van der Waals surface area contributed by atoms with E-state index in [0.717, 1.165) is 36.7 Å². The Morgan fingerprint density at radius 2 is 1.60 bits per heavy atom. The number of carboxylic acids is 1. The van der Waals surface area contributed by atoms with E-state index in [9.17, 15) is 14.7 Å². The van der Waals surface area contributed by atoms with E-state index in [0.29, 0.717) is 5.69 Å². The maximum Gasteiger partial charge on any atom is 0.337 e. The molecule has 154 valence electrons. The fourth-order valence-electron chi connectivity index (χ4n) is 3.64. The number of piperazine rings is 1. The van der Waals surface area contributed by atoms with Gasteiger partial charge in [-0.05, 0) is 41.8 Å². The third-order valence-corrected chi connectivity index (χ3v) is 6.07. The summed E-state index contributed by atoms with van der Waals surface area (Å²) in [7, 11) is 0. The predicted molar refractivity (Wildman–Crippen MR) is 121 cm³/mol. The highest BCUT2D eigenvalue weighted by Crippen LogP contribution is 2.26. The maximum absolute atomic E-state index is 12.3. The summed E-state index contributed by atoms with van der Waals surface area (Å²) in [5, 5.41) is 14.3. The van der Waals surface area contributed by atoms with E-state index < -0.39 is 5.97 Å². The van der Waals surface area contributed by atoms with Crippen LogP contribution < -0.4 is 15.1 Å². The molecule has 4 rings (SSSR count). The number of para-hydroxylation sites is 1. The molecule has 0 radical (unpaired) electrons. The summed E-state index contributed by atoms with van der Waals surface area (Å²) in [6, 6.07) is 19.3. The largest absolute Gasteiger partial charge is 0.478 e. The van der Waals surface area contributed by atoms with Crippen molar-refractivity contribution in [3.8, 4) is 0 Å². The topological polar surface area (TPSA) is 72.9 Å². The monoisotopic (exact) mass is 421 g/mol. The highest BCUT2D eigenvalue weighted by molar-refractivity contribution is 7.10. The molecule has 2 heterocycles. The number of thiophene rings is 1. The molecule has 0 atom stereocenters. The number of carbonyl (C=O) groups is 2. The normalized spacial score (nSPS) is 13.9. The summed E-state index contributed by atoms with van der Waals surface area (Å²) in [6.45, 7) is 3.34. The molecule has 3 aromatic rings. The van der Waals surface area contributed by atoms with Crippen molar-refractivity contribution in [3.05, 3.63) is 76.5 Å². The van der Waals surface area contributed by atoms with Crippen LogP contribution in [0.1, 0.15) is 15.2 Å². The molecule has 1 aliphatic heterocycles. The first-order chi connectivity index (χ1) is 14.6. The lowest BCUT2D eigenvalue weighted by Crippen LogP contribution is -2.46. The Bertz CT molecular complexity index is 1010. The summed E-state index contributed by atoms with van der Waals surface area (Å²) in [5.74, 6) is -1.27. The first-order valence-electron chi connectivity index (χ1n) is 9.84. The Balaban J connectivity index is 1.44. The van der Waals surface area contributed by atoms with Crippen molar-refractivity contribution < 1.29 is 14.7 Å². The molecule has 1 saturated heterocycles. The molecule has 7 heteroatoms. The minimum Gasteiger partial charge on any atom is -0.478 e. The average Bonchev–Trinajstić information content (AvgIpc) is 3.27. The molecule has 6 nitrogen and oxygen atoms in total. The summed E-state index contributed by atoms with van der Waals surface area (Å²) in [6.07, 6.45) is 0.236. The van der Waals surface area contributed by atoms with Crippen molar-refractivity contribution in [2.45, 2.75) is 6.42 Å². The minimum atomic E-state index is -1.05. The van der Waals surface area contributed by atoms with Gasteiger partial charge in [0.05, 0.1) is 17.7 Å². The molecule has 0 unspecified atom stereocenters. The molecular formula is C23H23N3O3S. The van der Waals surface area contributed by atoms with Crippen molar-refractivity contribution in [1.82, 2.24) is 0 Å². The van der Waals surface area contributed by atoms with Crippen LogP contribution in [0.5, 0.6) is 0 Å². The van der Waals surface area contributed by atoms with Crippen LogP contribution in [0, 0.1) is 0 Å². The molecule has 1 amide bonds. The number of hydrogen-bond acceptors (Lipinski definition) is 5. The highest BCUT2D eigenvalue weighted by atomic mass is 32.1. The molecule has 2 N–H and O–H groups in total. The summed E-state index contributed by atoms with van der Waals surface area (Å²) in [5.41, 5.74) is 2.50. The second-order valence-corrected chi connectivity index (χ2v) is 8.18. The zero-order chi connectivity index (χ0) is 20.9. The Labute approximate surface area is 179 Å². The lowest BCUT2D eigenvalue weighted by molar-refractivity contribution is -0.115. The number of amides is 1. The van der Waals surface area contributed by atoms with Gasteiger partial charge in [-0.15, -0.1) is 11.3 Å². The molecule has 1 aromatic heterocycles. The van der Waals surface area contributed by atoms with E-state index in [-0.39, 0.29) is 17.9 Å². The summed E-state index contributed by atoms with van der Waals surface area (Å²) >= 11 is 1.50. The minimum absolute atomic E-state index is 0.109. The van der Waals surface area contributed by atoms with Gasteiger partial charge in [0, 0.05) is 42.4 Å². The fourth-order valence-corrected chi connectivity index (χ4v) is 4.35. The first kappa shape index (κ1) is 20.0. The Morgan fingerprint density at radius 1 is 0.900 bits per heavy atom. The second kappa shape index (κ2) is 9.00. The van der Waals surface area contributed by atoms with Crippen molar-refractivity contribution in [2.75, 3.05) is 41.3 Å². The Morgan fingerprint density at radius 3 is 2.23 bits per heavy atom. The van der Waals surface area contributed by atoms with Gasteiger partial charge in [-0.2, -0.15) is 0 Å². The van der Waals surface area contributed by atoms with E-state index in [1.807, 2.05) is 41.8 Å². The molecule has 30 heavy (non-hydrogen) atoms. The third kappa shape index (κ3) is 4.63.